The van der Waals surface area contributed by atoms with Gasteiger partial charge in [0.2, 0.25) is 5.91 Å². The summed E-state index contributed by atoms with van der Waals surface area (Å²) in [7, 11) is 0. The molecular formula is C13H12N2O2S3. The Bertz CT molecular complexity index is 526. The molecule has 0 aromatic heterocycles. The van der Waals surface area contributed by atoms with E-state index < -0.39 is 18.0 Å². The Hall–Kier alpha value is -1.41. The molecule has 1 amide bonds. The van der Waals surface area contributed by atoms with Gasteiger partial charge >= 0.3 is 0 Å². The molecule has 1 rings (SSSR count). The van der Waals surface area contributed by atoms with Crippen molar-refractivity contribution >= 4 is 64.6 Å². The molecule has 2 atom stereocenters. The van der Waals surface area contributed by atoms with Crippen LogP contribution in [0.15, 0.2) is 30.3 Å². The predicted molar refractivity (Wildman–Crippen MR) is 90.1 cm³/mol. The van der Waals surface area contributed by atoms with Crippen molar-refractivity contribution in [2.45, 2.75) is 12.1 Å². The van der Waals surface area contributed by atoms with Crippen molar-refractivity contribution in [2.75, 3.05) is 0 Å². The SMILES string of the molecule is N[C@@H](C=S)C(=O)N(C(=S)c1ccccc1)[C@H](C=O)C=S. The smallest absolute Gasteiger partial charge is 0.250 e. The highest BCUT2D eigenvalue weighted by Crippen LogP contribution is 2.10. The maximum Gasteiger partial charge on any atom is 0.250 e. The van der Waals surface area contributed by atoms with Crippen molar-refractivity contribution in [2.24, 2.45) is 5.73 Å². The van der Waals surface area contributed by atoms with Crippen molar-refractivity contribution in [3.8, 4) is 0 Å². The summed E-state index contributed by atoms with van der Waals surface area (Å²) in [4.78, 5) is 24.6. The van der Waals surface area contributed by atoms with E-state index in [0.717, 1.165) is 15.6 Å². The summed E-state index contributed by atoms with van der Waals surface area (Å²) in [5, 5.41) is 2.28. The van der Waals surface area contributed by atoms with Crippen molar-refractivity contribution in [3.63, 3.8) is 0 Å². The van der Waals surface area contributed by atoms with Crippen LogP contribution in [0.3, 0.4) is 0 Å². The first-order chi connectivity index (χ1) is 9.56. The van der Waals surface area contributed by atoms with E-state index in [0.29, 0.717) is 11.8 Å². The lowest BCUT2D eigenvalue weighted by molar-refractivity contribution is -0.129. The van der Waals surface area contributed by atoms with Crippen LogP contribution in [-0.4, -0.2) is 44.9 Å². The standard InChI is InChI=1S/C13H12N2O2S3/c14-11(8-19)12(17)15(10(6-16)7-18)13(20)9-4-2-1-3-5-9/h1-8,10-11H,14H2/t10-,11+/m1/s1. The minimum Gasteiger partial charge on any atom is -0.316 e. The van der Waals surface area contributed by atoms with Crippen LogP contribution >= 0.6 is 36.7 Å². The molecule has 0 aliphatic heterocycles. The molecule has 0 aliphatic carbocycles. The van der Waals surface area contributed by atoms with Crippen molar-refractivity contribution in [1.29, 1.82) is 0 Å². The van der Waals surface area contributed by atoms with Gasteiger partial charge in [-0.25, -0.2) is 0 Å². The number of nitrogens with zero attached hydrogens (tertiary/aromatic N) is 1. The van der Waals surface area contributed by atoms with Crippen LogP contribution in [-0.2, 0) is 9.59 Å². The summed E-state index contributed by atoms with van der Waals surface area (Å²) in [6, 6.07) is 6.86. The van der Waals surface area contributed by atoms with Gasteiger partial charge in [-0.1, -0.05) is 67.0 Å². The summed E-state index contributed by atoms with van der Waals surface area (Å²) >= 11 is 14.7. The van der Waals surface area contributed by atoms with Gasteiger partial charge in [-0.15, -0.1) is 0 Å². The Balaban J connectivity index is 3.20. The van der Waals surface area contributed by atoms with E-state index in [4.69, 9.17) is 30.2 Å². The lowest BCUT2D eigenvalue weighted by Gasteiger charge is -2.27. The lowest BCUT2D eigenvalue weighted by atomic mass is 10.1. The second-order valence-corrected chi connectivity index (χ2v) is 4.74. The number of hydrogen-bond acceptors (Lipinski definition) is 6. The third-order valence-corrected chi connectivity index (χ3v) is 3.49. The second-order valence-electron chi connectivity index (χ2n) is 3.80. The van der Waals surface area contributed by atoms with E-state index in [9.17, 15) is 9.59 Å². The van der Waals surface area contributed by atoms with E-state index in [-0.39, 0.29) is 4.99 Å². The third kappa shape index (κ3) is 3.80. The van der Waals surface area contributed by atoms with E-state index >= 15 is 0 Å². The van der Waals surface area contributed by atoms with Gasteiger partial charge in [0.05, 0.1) is 0 Å². The molecule has 0 saturated carbocycles. The molecular weight excluding hydrogens is 312 g/mol. The van der Waals surface area contributed by atoms with Crippen molar-refractivity contribution in [3.05, 3.63) is 35.9 Å². The van der Waals surface area contributed by atoms with Gasteiger partial charge in [-0.05, 0) is 0 Å². The van der Waals surface area contributed by atoms with Crippen molar-refractivity contribution in [1.82, 2.24) is 4.90 Å². The van der Waals surface area contributed by atoms with Crippen LogP contribution in [0.5, 0.6) is 0 Å². The summed E-state index contributed by atoms with van der Waals surface area (Å²) < 4.78 is 0. The zero-order chi connectivity index (χ0) is 15.1. The average molecular weight is 324 g/mol. The maximum absolute atomic E-state index is 12.2. The molecule has 1 aromatic carbocycles. The summed E-state index contributed by atoms with van der Waals surface area (Å²) in [6.07, 6.45) is 0.538. The molecule has 104 valence electrons. The van der Waals surface area contributed by atoms with Crippen LogP contribution in [0.25, 0.3) is 0 Å². The van der Waals surface area contributed by atoms with Gasteiger partial charge in [0.1, 0.15) is 23.4 Å². The average Bonchev–Trinajstić information content (AvgIpc) is 2.51. The Labute approximate surface area is 132 Å². The fourth-order valence-corrected chi connectivity index (χ4v) is 2.12. The monoisotopic (exact) mass is 324 g/mol. The Kier molecular flexibility index (Phi) is 6.66. The Morgan fingerprint density at radius 2 is 1.80 bits per heavy atom. The van der Waals surface area contributed by atoms with Gasteiger partial charge < -0.3 is 10.5 Å². The fraction of sp³-hybridized carbons (Fsp3) is 0.154. The molecule has 0 heterocycles. The van der Waals surface area contributed by atoms with Crippen LogP contribution in [0.1, 0.15) is 5.56 Å². The minimum atomic E-state index is -1.02. The second kappa shape index (κ2) is 8.01. The number of benzene rings is 1. The van der Waals surface area contributed by atoms with Gasteiger partial charge in [0.15, 0.2) is 0 Å². The maximum atomic E-state index is 12.2. The number of aldehydes is 1. The van der Waals surface area contributed by atoms with Crippen LogP contribution in [0.2, 0.25) is 0 Å². The first kappa shape index (κ1) is 16.6. The highest BCUT2D eigenvalue weighted by molar-refractivity contribution is 7.81. The van der Waals surface area contributed by atoms with E-state index in [2.05, 4.69) is 12.2 Å². The van der Waals surface area contributed by atoms with Crippen LogP contribution < -0.4 is 5.73 Å². The van der Waals surface area contributed by atoms with Gasteiger partial charge in [-0.2, -0.15) is 0 Å². The highest BCUT2D eigenvalue weighted by Gasteiger charge is 2.29. The molecule has 0 bridgehead atoms. The quantitative estimate of drug-likeness (QED) is 0.624. The molecule has 0 aliphatic rings. The Morgan fingerprint density at radius 3 is 2.25 bits per heavy atom. The molecule has 1 aromatic rings. The Morgan fingerprint density at radius 1 is 1.20 bits per heavy atom. The number of rotatable bonds is 6. The molecule has 0 saturated heterocycles. The predicted octanol–water partition coefficient (Wildman–Crippen LogP) is 1.08. The lowest BCUT2D eigenvalue weighted by Crippen LogP contribution is -2.52. The number of carbonyl (C=O) groups is 2. The molecule has 0 spiro atoms. The number of thiocarbonyl (C=S) groups is 3. The zero-order valence-corrected chi connectivity index (χ0v) is 12.8. The molecule has 20 heavy (non-hydrogen) atoms. The van der Waals surface area contributed by atoms with Crippen LogP contribution in [0.4, 0.5) is 0 Å². The van der Waals surface area contributed by atoms with Gasteiger partial charge in [0.25, 0.3) is 0 Å². The van der Waals surface area contributed by atoms with E-state index in [1.807, 2.05) is 6.07 Å². The van der Waals surface area contributed by atoms with Crippen molar-refractivity contribution < 1.29 is 9.59 Å². The minimum absolute atomic E-state index is 0.182. The fourth-order valence-electron chi connectivity index (χ4n) is 1.47. The first-order valence-electron chi connectivity index (χ1n) is 5.60. The van der Waals surface area contributed by atoms with Gasteiger partial charge in [-0.3, -0.25) is 9.69 Å². The summed E-state index contributed by atoms with van der Waals surface area (Å²) in [5.74, 6) is -0.563. The van der Waals surface area contributed by atoms with Gasteiger partial charge in [0, 0.05) is 16.3 Å². The molecule has 7 heteroatoms. The van der Waals surface area contributed by atoms with Crippen LogP contribution in [0, 0.1) is 0 Å². The highest BCUT2D eigenvalue weighted by atomic mass is 32.1. The topological polar surface area (TPSA) is 63.4 Å². The third-order valence-electron chi connectivity index (χ3n) is 2.49. The molecule has 4 nitrogen and oxygen atoms in total. The number of amides is 1. The van der Waals surface area contributed by atoms with E-state index in [1.54, 1.807) is 24.3 Å². The summed E-state index contributed by atoms with van der Waals surface area (Å²) in [5.41, 5.74) is 6.23. The number of nitrogens with two attached hydrogens (primary N) is 1. The molecule has 0 radical (unpaired) electrons. The zero-order valence-electron chi connectivity index (χ0n) is 10.3. The largest absolute Gasteiger partial charge is 0.316 e. The molecule has 2 N–H and O–H groups in total. The number of hydrogen-bond donors (Lipinski definition) is 1. The summed E-state index contributed by atoms with van der Waals surface area (Å²) in [6.45, 7) is 0. The first-order valence-corrected chi connectivity index (χ1v) is 6.95. The molecule has 0 fully saturated rings. The molecule has 0 unspecified atom stereocenters. The number of carbonyl (C=O) groups excluding carboxylic acids is 2. The van der Waals surface area contributed by atoms with E-state index in [1.165, 1.54) is 0 Å². The normalized spacial score (nSPS) is 12.8.